The molecule has 0 aromatic heterocycles. The van der Waals surface area contributed by atoms with E-state index in [2.05, 4.69) is 22.0 Å². The minimum Gasteiger partial charge on any atom is -0.497 e. The predicted molar refractivity (Wildman–Crippen MR) is 111 cm³/mol. The Morgan fingerprint density at radius 1 is 1.21 bits per heavy atom. The molecular weight excluding hydrogens is 436 g/mol. The largest absolute Gasteiger partial charge is 0.497 e. The molecule has 148 valence electrons. The molecule has 7 heteroatoms. The van der Waals surface area contributed by atoms with Gasteiger partial charge >= 0.3 is 5.97 Å². The van der Waals surface area contributed by atoms with Crippen molar-refractivity contribution >= 4 is 27.7 Å². The van der Waals surface area contributed by atoms with Gasteiger partial charge in [-0.15, -0.1) is 0 Å². The number of hydrogen-bond acceptors (Lipinski definition) is 6. The number of carbonyl (C=O) groups excluding carboxylic acids is 1. The molecule has 29 heavy (non-hydrogen) atoms. The average Bonchev–Trinajstić information content (AvgIpc) is 2.73. The van der Waals surface area contributed by atoms with Crippen LogP contribution in [0, 0.1) is 11.3 Å². The van der Waals surface area contributed by atoms with Crippen molar-refractivity contribution in [3.05, 3.63) is 81.2 Å². The van der Waals surface area contributed by atoms with E-state index in [-0.39, 0.29) is 29.4 Å². The number of carbonyl (C=O) groups is 1. The second kappa shape index (κ2) is 8.84. The van der Waals surface area contributed by atoms with Crippen LogP contribution < -0.4 is 10.5 Å². The maximum atomic E-state index is 13.0. The topological polar surface area (TPSA) is 94.6 Å². The van der Waals surface area contributed by atoms with Crippen molar-refractivity contribution in [3.8, 4) is 11.8 Å². The number of nitrogens with zero attached hydrogens (tertiary/aromatic N) is 1. The van der Waals surface area contributed by atoms with Gasteiger partial charge in [0.2, 0.25) is 5.88 Å². The lowest BCUT2D eigenvalue weighted by Gasteiger charge is -2.28. The van der Waals surface area contributed by atoms with Gasteiger partial charge in [0.05, 0.1) is 25.2 Å². The Balaban J connectivity index is 2.24. The van der Waals surface area contributed by atoms with Crippen molar-refractivity contribution in [1.29, 1.82) is 5.26 Å². The molecule has 1 atom stereocenters. The van der Waals surface area contributed by atoms with Gasteiger partial charge in [0.15, 0.2) is 0 Å². The summed E-state index contributed by atoms with van der Waals surface area (Å²) in [5.74, 6) is -0.396. The normalized spacial score (nSPS) is 16.1. The minimum atomic E-state index is -0.710. The van der Waals surface area contributed by atoms with Crippen LogP contribution in [0.2, 0.25) is 0 Å². The lowest BCUT2D eigenvalue weighted by atomic mass is 9.82. The van der Waals surface area contributed by atoms with Crippen LogP contribution in [-0.2, 0) is 14.3 Å². The van der Waals surface area contributed by atoms with E-state index >= 15 is 0 Å². The van der Waals surface area contributed by atoms with Crippen LogP contribution in [0.25, 0.3) is 5.76 Å². The summed E-state index contributed by atoms with van der Waals surface area (Å²) in [7, 11) is 1.57. The van der Waals surface area contributed by atoms with Crippen LogP contribution in [0.1, 0.15) is 24.0 Å². The zero-order valence-corrected chi connectivity index (χ0v) is 17.5. The maximum Gasteiger partial charge on any atom is 0.338 e. The number of hydrogen-bond donors (Lipinski definition) is 1. The molecule has 0 aliphatic carbocycles. The van der Waals surface area contributed by atoms with E-state index in [1.807, 2.05) is 24.3 Å². The highest BCUT2D eigenvalue weighted by Crippen LogP contribution is 2.43. The molecule has 2 aromatic carbocycles. The van der Waals surface area contributed by atoms with Gasteiger partial charge in [0.1, 0.15) is 23.2 Å². The van der Waals surface area contributed by atoms with E-state index in [4.69, 9.17) is 19.9 Å². The molecule has 3 rings (SSSR count). The zero-order chi connectivity index (χ0) is 21.0. The van der Waals surface area contributed by atoms with Crippen molar-refractivity contribution in [1.82, 2.24) is 0 Å². The van der Waals surface area contributed by atoms with Gasteiger partial charge in [0.25, 0.3) is 0 Å². The first-order chi connectivity index (χ1) is 14.0. The van der Waals surface area contributed by atoms with E-state index in [0.29, 0.717) is 11.3 Å². The third kappa shape index (κ3) is 4.13. The fraction of sp³-hybridized carbons (Fsp3) is 0.182. The average molecular weight is 455 g/mol. The molecule has 0 saturated heterocycles. The summed E-state index contributed by atoms with van der Waals surface area (Å²) in [4.78, 5) is 13.0. The molecule has 0 bridgehead atoms. The molecule has 1 unspecified atom stereocenters. The van der Waals surface area contributed by atoms with E-state index < -0.39 is 11.9 Å². The van der Waals surface area contributed by atoms with Gasteiger partial charge in [-0.3, -0.25) is 0 Å². The summed E-state index contributed by atoms with van der Waals surface area (Å²) in [5, 5.41) is 9.73. The maximum absolute atomic E-state index is 13.0. The van der Waals surface area contributed by atoms with Crippen LogP contribution in [0.5, 0.6) is 5.75 Å². The van der Waals surface area contributed by atoms with E-state index in [1.165, 1.54) is 0 Å². The smallest absolute Gasteiger partial charge is 0.338 e. The van der Waals surface area contributed by atoms with Crippen molar-refractivity contribution in [2.45, 2.75) is 12.8 Å². The zero-order valence-electron chi connectivity index (χ0n) is 15.9. The molecule has 1 heterocycles. The molecule has 0 saturated carbocycles. The summed E-state index contributed by atoms with van der Waals surface area (Å²) in [6.45, 7) is 1.91. The summed E-state index contributed by atoms with van der Waals surface area (Å²) < 4.78 is 17.1. The molecule has 0 spiro atoms. The van der Waals surface area contributed by atoms with E-state index in [0.717, 1.165) is 10.0 Å². The first kappa shape index (κ1) is 20.5. The lowest BCUT2D eigenvalue weighted by molar-refractivity contribution is -0.138. The summed E-state index contributed by atoms with van der Waals surface area (Å²) in [6.07, 6.45) is 0. The molecule has 6 nitrogen and oxygen atoms in total. The van der Waals surface area contributed by atoms with Gasteiger partial charge < -0.3 is 19.9 Å². The van der Waals surface area contributed by atoms with Crippen molar-refractivity contribution in [2.75, 3.05) is 13.7 Å². The Morgan fingerprint density at radius 2 is 1.86 bits per heavy atom. The number of esters is 1. The van der Waals surface area contributed by atoms with Crippen LogP contribution in [-0.4, -0.2) is 19.7 Å². The Kier molecular flexibility index (Phi) is 6.25. The number of rotatable bonds is 5. The fourth-order valence-electron chi connectivity index (χ4n) is 3.12. The number of methoxy groups -OCH3 is 1. The summed E-state index contributed by atoms with van der Waals surface area (Å²) >= 11 is 3.40. The predicted octanol–water partition coefficient (Wildman–Crippen LogP) is 4.24. The number of nitrogens with two attached hydrogens (primary N) is 1. The molecular formula is C22H19BrN2O4. The SMILES string of the molecule is CCOC(=O)C1=C(c2ccc(OC)cc2)OC(N)=C(C#N)C1c1ccc(Br)cc1. The second-order valence-electron chi connectivity index (χ2n) is 6.17. The number of ether oxygens (including phenoxy) is 3. The molecule has 0 fully saturated rings. The number of allylic oxidation sites excluding steroid dienone is 1. The van der Waals surface area contributed by atoms with Gasteiger partial charge in [0, 0.05) is 10.0 Å². The molecule has 0 radical (unpaired) electrons. The van der Waals surface area contributed by atoms with Crippen molar-refractivity contribution in [3.63, 3.8) is 0 Å². The van der Waals surface area contributed by atoms with Crippen LogP contribution in [0.4, 0.5) is 0 Å². The highest BCUT2D eigenvalue weighted by atomic mass is 79.9. The highest BCUT2D eigenvalue weighted by molar-refractivity contribution is 9.10. The highest BCUT2D eigenvalue weighted by Gasteiger charge is 2.38. The third-order valence-corrected chi connectivity index (χ3v) is 5.00. The van der Waals surface area contributed by atoms with E-state index in [9.17, 15) is 10.1 Å². The van der Waals surface area contributed by atoms with Gasteiger partial charge in [-0.05, 0) is 48.9 Å². The molecule has 1 aliphatic rings. The quantitative estimate of drug-likeness (QED) is 0.678. The van der Waals surface area contributed by atoms with Crippen molar-refractivity contribution < 1.29 is 19.0 Å². The second-order valence-corrected chi connectivity index (χ2v) is 7.08. The number of halogens is 1. The summed E-state index contributed by atoms with van der Waals surface area (Å²) in [5.41, 5.74) is 7.82. The lowest BCUT2D eigenvalue weighted by Crippen LogP contribution is -2.25. The summed E-state index contributed by atoms with van der Waals surface area (Å²) in [6, 6.07) is 16.5. The molecule has 1 aliphatic heterocycles. The fourth-order valence-corrected chi connectivity index (χ4v) is 3.39. The van der Waals surface area contributed by atoms with Crippen LogP contribution >= 0.6 is 15.9 Å². The molecule has 2 N–H and O–H groups in total. The molecule has 0 amide bonds. The monoisotopic (exact) mass is 454 g/mol. The Morgan fingerprint density at radius 3 is 2.41 bits per heavy atom. The van der Waals surface area contributed by atoms with Gasteiger partial charge in [-0.25, -0.2) is 4.79 Å². The van der Waals surface area contributed by atoms with Gasteiger partial charge in [-0.2, -0.15) is 5.26 Å². The van der Waals surface area contributed by atoms with Crippen molar-refractivity contribution in [2.24, 2.45) is 5.73 Å². The standard InChI is InChI=1S/C22H19BrN2O4/c1-3-28-22(26)19-18(13-4-8-15(23)9-5-13)17(12-24)21(25)29-20(19)14-6-10-16(27-2)11-7-14/h4-11,18H,3,25H2,1-2H3. The van der Waals surface area contributed by atoms with E-state index in [1.54, 1.807) is 38.3 Å². The molecule has 2 aromatic rings. The Labute approximate surface area is 177 Å². The first-order valence-corrected chi connectivity index (χ1v) is 9.68. The minimum absolute atomic E-state index is 0.0423. The Hall–Kier alpha value is -3.24. The van der Waals surface area contributed by atoms with Gasteiger partial charge in [-0.1, -0.05) is 28.1 Å². The number of nitriles is 1. The third-order valence-electron chi connectivity index (χ3n) is 4.47. The first-order valence-electron chi connectivity index (χ1n) is 8.88. The number of benzene rings is 2. The van der Waals surface area contributed by atoms with Crippen LogP contribution in [0.15, 0.2) is 70.0 Å². The van der Waals surface area contributed by atoms with Crippen LogP contribution in [0.3, 0.4) is 0 Å². The Bertz CT molecular complexity index is 1020.